The lowest BCUT2D eigenvalue weighted by atomic mass is 10.2. The van der Waals surface area contributed by atoms with E-state index in [-0.39, 0.29) is 5.91 Å². The van der Waals surface area contributed by atoms with Crippen molar-refractivity contribution >= 4 is 29.1 Å². The second-order valence-electron chi connectivity index (χ2n) is 6.80. The molecule has 0 radical (unpaired) electrons. The van der Waals surface area contributed by atoms with Crippen molar-refractivity contribution in [1.82, 2.24) is 15.1 Å². The zero-order chi connectivity index (χ0) is 19.8. The molecule has 0 atom stereocenters. The first-order valence-electron chi connectivity index (χ1n) is 9.43. The van der Waals surface area contributed by atoms with Gasteiger partial charge < -0.3 is 10.1 Å². The highest BCUT2D eigenvalue weighted by Crippen LogP contribution is 2.27. The molecule has 1 fully saturated rings. The number of piperazine rings is 1. The van der Waals surface area contributed by atoms with Gasteiger partial charge in [-0.1, -0.05) is 53.5 Å². The first kappa shape index (κ1) is 20.9. The maximum Gasteiger partial charge on any atom is 0.234 e. The van der Waals surface area contributed by atoms with Crippen molar-refractivity contribution in [2.75, 3.05) is 45.9 Å². The third kappa shape index (κ3) is 6.67. The van der Waals surface area contributed by atoms with Gasteiger partial charge in [-0.3, -0.25) is 14.6 Å². The molecule has 0 aliphatic carbocycles. The van der Waals surface area contributed by atoms with Crippen molar-refractivity contribution in [3.05, 3.63) is 64.1 Å². The summed E-state index contributed by atoms with van der Waals surface area (Å²) < 4.78 is 5.75. The summed E-state index contributed by atoms with van der Waals surface area (Å²) in [6.07, 6.45) is 0. The van der Waals surface area contributed by atoms with Crippen molar-refractivity contribution in [3.8, 4) is 5.75 Å². The number of benzene rings is 2. The zero-order valence-electron chi connectivity index (χ0n) is 15.7. The lowest BCUT2D eigenvalue weighted by Crippen LogP contribution is -2.50. The Hall–Kier alpha value is -1.79. The normalized spacial score (nSPS) is 15.4. The van der Waals surface area contributed by atoms with Gasteiger partial charge in [-0.05, 0) is 23.8 Å². The van der Waals surface area contributed by atoms with E-state index in [1.165, 1.54) is 0 Å². The van der Waals surface area contributed by atoms with Crippen molar-refractivity contribution in [3.63, 3.8) is 0 Å². The van der Waals surface area contributed by atoms with Crippen LogP contribution in [0.4, 0.5) is 0 Å². The number of halogens is 2. The van der Waals surface area contributed by atoms with Crippen molar-refractivity contribution in [1.29, 1.82) is 0 Å². The second kappa shape index (κ2) is 10.7. The fourth-order valence-corrected chi connectivity index (χ4v) is 3.57. The third-order valence-corrected chi connectivity index (χ3v) is 5.25. The molecular formula is C21H25Cl2N3O2. The number of nitrogens with zero attached hydrogens (tertiary/aromatic N) is 2. The van der Waals surface area contributed by atoms with E-state index in [0.717, 1.165) is 38.3 Å². The lowest BCUT2D eigenvalue weighted by molar-refractivity contribution is -0.122. The van der Waals surface area contributed by atoms with Crippen LogP contribution in [0.3, 0.4) is 0 Å². The molecule has 1 aliphatic rings. The minimum atomic E-state index is 0.0676. The molecule has 1 amide bonds. The van der Waals surface area contributed by atoms with E-state index in [4.69, 9.17) is 27.9 Å². The predicted molar refractivity (Wildman–Crippen MR) is 113 cm³/mol. The molecule has 7 heteroatoms. The summed E-state index contributed by atoms with van der Waals surface area (Å²) in [5, 5.41) is 4.11. The van der Waals surface area contributed by atoms with E-state index in [1.54, 1.807) is 18.2 Å². The topological polar surface area (TPSA) is 44.8 Å². The van der Waals surface area contributed by atoms with Gasteiger partial charge in [0.15, 0.2) is 0 Å². The first-order chi connectivity index (χ1) is 13.6. The smallest absolute Gasteiger partial charge is 0.234 e. The number of amides is 1. The van der Waals surface area contributed by atoms with Gasteiger partial charge in [0, 0.05) is 44.3 Å². The second-order valence-corrected chi connectivity index (χ2v) is 7.65. The molecule has 0 aromatic heterocycles. The summed E-state index contributed by atoms with van der Waals surface area (Å²) in [7, 11) is 0. The molecule has 1 heterocycles. The van der Waals surface area contributed by atoms with Crippen LogP contribution in [0.5, 0.6) is 5.75 Å². The Bertz CT molecular complexity index is 766. The van der Waals surface area contributed by atoms with Gasteiger partial charge in [0.05, 0.1) is 11.6 Å². The summed E-state index contributed by atoms with van der Waals surface area (Å²) in [5.74, 6) is 0.720. The van der Waals surface area contributed by atoms with Crippen LogP contribution < -0.4 is 10.1 Å². The average Bonchev–Trinajstić information content (AvgIpc) is 2.70. The molecule has 0 bridgehead atoms. The molecule has 1 aliphatic heterocycles. The number of carbonyl (C=O) groups excluding carboxylic acids is 1. The monoisotopic (exact) mass is 421 g/mol. The predicted octanol–water partition coefficient (Wildman–Crippen LogP) is 3.31. The molecular weight excluding hydrogens is 397 g/mol. The minimum Gasteiger partial charge on any atom is -0.491 e. The molecule has 2 aromatic rings. The maximum atomic E-state index is 12.1. The van der Waals surface area contributed by atoms with E-state index in [2.05, 4.69) is 15.1 Å². The highest BCUT2D eigenvalue weighted by molar-refractivity contribution is 6.35. The quantitative estimate of drug-likeness (QED) is 0.709. The van der Waals surface area contributed by atoms with Gasteiger partial charge in [-0.2, -0.15) is 0 Å². The van der Waals surface area contributed by atoms with Crippen LogP contribution in [0.25, 0.3) is 0 Å². The van der Waals surface area contributed by atoms with Gasteiger partial charge >= 0.3 is 0 Å². The molecule has 3 rings (SSSR count). The molecule has 28 heavy (non-hydrogen) atoms. The number of nitrogens with one attached hydrogen (secondary N) is 1. The SMILES string of the molecule is O=C(CN1CCN(CCOc2ccc(Cl)cc2Cl)CC1)NCc1ccccc1. The number of hydrogen-bond donors (Lipinski definition) is 1. The van der Waals surface area contributed by atoms with Gasteiger partial charge in [-0.15, -0.1) is 0 Å². The van der Waals surface area contributed by atoms with Crippen molar-refractivity contribution < 1.29 is 9.53 Å². The lowest BCUT2D eigenvalue weighted by Gasteiger charge is -2.34. The zero-order valence-corrected chi connectivity index (χ0v) is 17.3. The van der Waals surface area contributed by atoms with E-state index >= 15 is 0 Å². The summed E-state index contributed by atoms with van der Waals surface area (Å²) in [4.78, 5) is 16.7. The van der Waals surface area contributed by atoms with Gasteiger partial charge in [0.1, 0.15) is 12.4 Å². The number of hydrogen-bond acceptors (Lipinski definition) is 4. The third-order valence-electron chi connectivity index (χ3n) is 4.72. The Balaban J connectivity index is 1.31. The Kier molecular flexibility index (Phi) is 7.98. The van der Waals surface area contributed by atoms with Crippen LogP contribution in [0.1, 0.15) is 5.56 Å². The number of carbonyl (C=O) groups is 1. The molecule has 5 nitrogen and oxygen atoms in total. The highest BCUT2D eigenvalue weighted by atomic mass is 35.5. The van der Waals surface area contributed by atoms with Crippen LogP contribution in [-0.4, -0.2) is 61.6 Å². The maximum absolute atomic E-state index is 12.1. The van der Waals surface area contributed by atoms with Gasteiger partial charge in [-0.25, -0.2) is 0 Å². The summed E-state index contributed by atoms with van der Waals surface area (Å²) >= 11 is 12.0. The van der Waals surface area contributed by atoms with Crippen LogP contribution in [-0.2, 0) is 11.3 Å². The van der Waals surface area contributed by atoms with Crippen LogP contribution in [0, 0.1) is 0 Å². The summed E-state index contributed by atoms with van der Waals surface area (Å²) in [5.41, 5.74) is 1.11. The van der Waals surface area contributed by atoms with Gasteiger partial charge in [0.2, 0.25) is 5.91 Å². The Labute approximate surface area is 176 Å². The number of rotatable bonds is 8. The summed E-state index contributed by atoms with van der Waals surface area (Å²) in [6.45, 7) is 6.00. The molecule has 1 saturated heterocycles. The Morgan fingerprint density at radius 3 is 2.43 bits per heavy atom. The van der Waals surface area contributed by atoms with Crippen LogP contribution >= 0.6 is 23.2 Å². The summed E-state index contributed by atoms with van der Waals surface area (Å²) in [6, 6.07) is 15.2. The minimum absolute atomic E-state index is 0.0676. The van der Waals surface area contributed by atoms with Gasteiger partial charge in [0.25, 0.3) is 0 Å². The molecule has 0 spiro atoms. The van der Waals surface area contributed by atoms with E-state index in [9.17, 15) is 4.79 Å². The van der Waals surface area contributed by atoms with E-state index in [0.29, 0.717) is 35.5 Å². The van der Waals surface area contributed by atoms with Crippen LogP contribution in [0.15, 0.2) is 48.5 Å². The highest BCUT2D eigenvalue weighted by Gasteiger charge is 2.18. The molecule has 0 unspecified atom stereocenters. The van der Waals surface area contributed by atoms with Crippen molar-refractivity contribution in [2.24, 2.45) is 0 Å². The standard InChI is InChI=1S/C21H25Cl2N3O2/c22-18-6-7-20(19(23)14-18)28-13-12-25-8-10-26(11-9-25)16-21(27)24-15-17-4-2-1-3-5-17/h1-7,14H,8-13,15-16H2,(H,24,27). The largest absolute Gasteiger partial charge is 0.491 e. The van der Waals surface area contributed by atoms with E-state index < -0.39 is 0 Å². The van der Waals surface area contributed by atoms with Crippen LogP contribution in [0.2, 0.25) is 10.0 Å². The fraction of sp³-hybridized carbons (Fsp3) is 0.381. The Morgan fingerprint density at radius 2 is 1.71 bits per heavy atom. The average molecular weight is 422 g/mol. The molecule has 150 valence electrons. The number of ether oxygens (including phenoxy) is 1. The van der Waals surface area contributed by atoms with E-state index in [1.807, 2.05) is 30.3 Å². The molecule has 2 aromatic carbocycles. The molecule has 1 N–H and O–H groups in total. The first-order valence-corrected chi connectivity index (χ1v) is 10.2. The fourth-order valence-electron chi connectivity index (χ4n) is 3.10. The van der Waals surface area contributed by atoms with Crippen molar-refractivity contribution in [2.45, 2.75) is 6.54 Å². The molecule has 0 saturated carbocycles. The Morgan fingerprint density at radius 1 is 1.00 bits per heavy atom.